The Bertz CT molecular complexity index is 356. The summed E-state index contributed by atoms with van der Waals surface area (Å²) < 4.78 is 36.8. The molecule has 15 heavy (non-hydrogen) atoms. The van der Waals surface area contributed by atoms with Crippen LogP contribution in [0.1, 0.15) is 17.2 Å². The highest BCUT2D eigenvalue weighted by molar-refractivity contribution is 6.30. The Balaban J connectivity index is 3.17. The van der Waals surface area contributed by atoms with Gasteiger partial charge in [0.2, 0.25) is 0 Å². The number of pyridine rings is 1. The molecule has 0 amide bonds. The minimum Gasteiger partial charge on any atom is -0.387 e. The van der Waals surface area contributed by atoms with Gasteiger partial charge in [0.05, 0.1) is 11.7 Å². The zero-order valence-corrected chi connectivity index (χ0v) is 8.18. The molecule has 0 aromatic carbocycles. The maximum absolute atomic E-state index is 12.3. The van der Waals surface area contributed by atoms with Crippen molar-refractivity contribution in [3.8, 4) is 0 Å². The summed E-state index contributed by atoms with van der Waals surface area (Å²) in [6, 6.07) is 0.743. The van der Waals surface area contributed by atoms with E-state index in [1.807, 2.05) is 0 Å². The van der Waals surface area contributed by atoms with Crippen LogP contribution in [0.4, 0.5) is 13.2 Å². The lowest BCUT2D eigenvalue weighted by Crippen LogP contribution is -2.14. The van der Waals surface area contributed by atoms with E-state index in [1.165, 1.54) is 0 Å². The highest BCUT2D eigenvalue weighted by atomic mass is 35.5. The number of halogens is 4. The fraction of sp³-hybridized carbons (Fsp3) is 0.375. The van der Waals surface area contributed by atoms with E-state index in [9.17, 15) is 18.3 Å². The van der Waals surface area contributed by atoms with Gasteiger partial charge in [-0.05, 0) is 6.07 Å². The fourth-order valence-electron chi connectivity index (χ4n) is 0.981. The molecule has 1 atom stereocenters. The van der Waals surface area contributed by atoms with Crippen LogP contribution in [-0.4, -0.2) is 16.6 Å². The van der Waals surface area contributed by atoms with Crippen molar-refractivity contribution < 1.29 is 18.3 Å². The standard InChI is InChI=1S/C8H8ClF3N2O/c9-7-5(6(15)2-13)1-4(3-14-7)8(10,11)12/h1,3,6,15H,2,13H2. The molecule has 84 valence electrons. The largest absolute Gasteiger partial charge is 0.417 e. The minimum absolute atomic E-state index is 0.117. The first-order valence-corrected chi connectivity index (χ1v) is 4.35. The van der Waals surface area contributed by atoms with Crippen molar-refractivity contribution >= 4 is 11.6 Å². The third-order valence-electron chi connectivity index (χ3n) is 1.78. The van der Waals surface area contributed by atoms with Gasteiger partial charge in [-0.15, -0.1) is 0 Å². The number of hydrogen-bond acceptors (Lipinski definition) is 3. The second-order valence-electron chi connectivity index (χ2n) is 2.85. The zero-order valence-electron chi connectivity index (χ0n) is 7.42. The number of nitrogens with two attached hydrogens (primary N) is 1. The zero-order chi connectivity index (χ0) is 11.6. The van der Waals surface area contributed by atoms with Crippen molar-refractivity contribution in [2.45, 2.75) is 12.3 Å². The maximum atomic E-state index is 12.3. The summed E-state index contributed by atoms with van der Waals surface area (Å²) in [6.07, 6.45) is -5.15. The number of aliphatic hydroxyl groups excluding tert-OH is 1. The quantitative estimate of drug-likeness (QED) is 0.775. The van der Waals surface area contributed by atoms with E-state index in [2.05, 4.69) is 4.98 Å². The van der Waals surface area contributed by atoms with Crippen molar-refractivity contribution in [1.29, 1.82) is 0 Å². The number of nitrogens with zero attached hydrogens (tertiary/aromatic N) is 1. The number of aliphatic hydroxyl groups is 1. The van der Waals surface area contributed by atoms with E-state index in [0.29, 0.717) is 6.20 Å². The van der Waals surface area contributed by atoms with E-state index in [4.69, 9.17) is 17.3 Å². The lowest BCUT2D eigenvalue weighted by Gasteiger charge is -2.12. The van der Waals surface area contributed by atoms with Crippen LogP contribution in [-0.2, 0) is 6.18 Å². The molecular weight excluding hydrogens is 233 g/mol. The molecule has 0 radical (unpaired) electrons. The number of alkyl halides is 3. The van der Waals surface area contributed by atoms with Gasteiger partial charge in [0, 0.05) is 18.3 Å². The van der Waals surface area contributed by atoms with E-state index < -0.39 is 17.8 Å². The second-order valence-corrected chi connectivity index (χ2v) is 3.21. The minimum atomic E-state index is -4.51. The van der Waals surface area contributed by atoms with Gasteiger partial charge in [0.1, 0.15) is 5.15 Å². The number of hydrogen-bond donors (Lipinski definition) is 2. The van der Waals surface area contributed by atoms with Gasteiger partial charge in [-0.3, -0.25) is 0 Å². The maximum Gasteiger partial charge on any atom is 0.417 e. The molecule has 1 rings (SSSR count). The second kappa shape index (κ2) is 4.34. The molecule has 7 heteroatoms. The van der Waals surface area contributed by atoms with Crippen LogP contribution >= 0.6 is 11.6 Å². The lowest BCUT2D eigenvalue weighted by atomic mass is 10.1. The van der Waals surface area contributed by atoms with Gasteiger partial charge < -0.3 is 10.8 Å². The first-order chi connectivity index (χ1) is 6.86. The summed E-state index contributed by atoms with van der Waals surface area (Å²) in [4.78, 5) is 3.34. The van der Waals surface area contributed by atoms with Crippen molar-refractivity contribution in [3.05, 3.63) is 28.5 Å². The monoisotopic (exact) mass is 240 g/mol. The summed E-state index contributed by atoms with van der Waals surface area (Å²) in [7, 11) is 0. The molecule has 0 spiro atoms. The molecule has 0 aliphatic carbocycles. The summed E-state index contributed by atoms with van der Waals surface area (Å²) >= 11 is 5.53. The Morgan fingerprint density at radius 2 is 2.13 bits per heavy atom. The Morgan fingerprint density at radius 3 is 2.60 bits per heavy atom. The summed E-state index contributed by atoms with van der Waals surface area (Å²) in [5.74, 6) is 0. The van der Waals surface area contributed by atoms with Gasteiger partial charge in [0.15, 0.2) is 0 Å². The van der Waals surface area contributed by atoms with Gasteiger partial charge in [-0.25, -0.2) is 4.98 Å². The number of aromatic nitrogens is 1. The van der Waals surface area contributed by atoms with Gasteiger partial charge in [-0.1, -0.05) is 11.6 Å². The molecule has 0 aliphatic rings. The topological polar surface area (TPSA) is 59.1 Å². The van der Waals surface area contributed by atoms with Gasteiger partial charge >= 0.3 is 6.18 Å². The normalized spacial score (nSPS) is 14.0. The van der Waals surface area contributed by atoms with Crippen LogP contribution in [0.3, 0.4) is 0 Å². The first kappa shape index (κ1) is 12.2. The fourth-order valence-corrected chi connectivity index (χ4v) is 1.21. The SMILES string of the molecule is NCC(O)c1cc(C(F)(F)F)cnc1Cl. The predicted octanol–water partition coefficient (Wildman–Crippen LogP) is 1.75. The molecular formula is C8H8ClF3N2O. The molecule has 0 bridgehead atoms. The average molecular weight is 241 g/mol. The van der Waals surface area contributed by atoms with Gasteiger partial charge in [-0.2, -0.15) is 13.2 Å². The average Bonchev–Trinajstić information content (AvgIpc) is 2.15. The molecule has 1 aromatic heterocycles. The van der Waals surface area contributed by atoms with Crippen LogP contribution in [0.5, 0.6) is 0 Å². The van der Waals surface area contributed by atoms with E-state index in [0.717, 1.165) is 6.07 Å². The summed E-state index contributed by atoms with van der Waals surface area (Å²) in [5, 5.41) is 9.10. The Morgan fingerprint density at radius 1 is 1.53 bits per heavy atom. The molecule has 0 aliphatic heterocycles. The van der Waals surface area contributed by atoms with E-state index in [1.54, 1.807) is 0 Å². The summed E-state index contributed by atoms with van der Waals surface area (Å²) in [6.45, 7) is -0.220. The summed E-state index contributed by atoms with van der Waals surface area (Å²) in [5.41, 5.74) is 4.03. The Hall–Kier alpha value is -0.850. The molecule has 3 nitrogen and oxygen atoms in total. The third kappa shape index (κ3) is 2.80. The van der Waals surface area contributed by atoms with Crippen molar-refractivity contribution in [3.63, 3.8) is 0 Å². The predicted molar refractivity (Wildman–Crippen MR) is 48.3 cm³/mol. The third-order valence-corrected chi connectivity index (χ3v) is 2.09. The molecule has 1 heterocycles. The Labute approximate surface area is 88.7 Å². The van der Waals surface area contributed by atoms with Crippen LogP contribution < -0.4 is 5.73 Å². The smallest absolute Gasteiger partial charge is 0.387 e. The van der Waals surface area contributed by atoms with Crippen LogP contribution in [0.25, 0.3) is 0 Å². The Kier molecular flexibility index (Phi) is 3.54. The molecule has 1 aromatic rings. The van der Waals surface area contributed by atoms with Crippen LogP contribution in [0.15, 0.2) is 12.3 Å². The molecule has 0 saturated heterocycles. The van der Waals surface area contributed by atoms with E-state index >= 15 is 0 Å². The molecule has 0 fully saturated rings. The molecule has 0 saturated carbocycles. The highest BCUT2D eigenvalue weighted by Gasteiger charge is 2.32. The van der Waals surface area contributed by atoms with Crippen LogP contribution in [0, 0.1) is 0 Å². The number of rotatable bonds is 2. The van der Waals surface area contributed by atoms with E-state index in [-0.39, 0.29) is 17.3 Å². The highest BCUT2D eigenvalue weighted by Crippen LogP contribution is 2.32. The molecule has 1 unspecified atom stereocenters. The van der Waals surface area contributed by atoms with Crippen molar-refractivity contribution in [2.75, 3.05) is 6.54 Å². The first-order valence-electron chi connectivity index (χ1n) is 3.97. The lowest BCUT2D eigenvalue weighted by molar-refractivity contribution is -0.137. The van der Waals surface area contributed by atoms with Crippen molar-refractivity contribution in [2.24, 2.45) is 5.73 Å². The molecule has 3 N–H and O–H groups in total. The van der Waals surface area contributed by atoms with Crippen LogP contribution in [0.2, 0.25) is 5.15 Å². The van der Waals surface area contributed by atoms with Gasteiger partial charge in [0.25, 0.3) is 0 Å². The van der Waals surface area contributed by atoms with Crippen molar-refractivity contribution in [1.82, 2.24) is 4.98 Å².